The van der Waals surface area contributed by atoms with E-state index >= 15 is 0 Å². The summed E-state index contributed by atoms with van der Waals surface area (Å²) >= 11 is 7.78. The molecule has 2 nitrogen and oxygen atoms in total. The van der Waals surface area contributed by atoms with Crippen LogP contribution in [0.1, 0.15) is 32.8 Å². The molecule has 0 aliphatic rings. The van der Waals surface area contributed by atoms with E-state index in [0.717, 1.165) is 23.7 Å². The molecule has 0 fully saturated rings. The Hall–Kier alpha value is -0.220. The first-order valence-electron chi connectivity index (χ1n) is 6.71. The molecule has 0 amide bonds. The molecule has 1 aromatic rings. The maximum absolute atomic E-state index is 9.49. The maximum Gasteiger partial charge on any atom is 0.0611 e. The van der Waals surface area contributed by atoms with Crippen LogP contribution in [0.3, 0.4) is 0 Å². The number of aliphatic hydroxyl groups excluding tert-OH is 1. The second-order valence-corrected chi connectivity index (χ2v) is 7.06. The van der Waals surface area contributed by atoms with Crippen molar-refractivity contribution < 1.29 is 5.11 Å². The topological polar surface area (TPSA) is 32.3 Å². The van der Waals surface area contributed by atoms with Gasteiger partial charge < -0.3 is 10.4 Å². The number of aliphatic hydroxyl groups is 1. The molecule has 19 heavy (non-hydrogen) atoms. The molecule has 0 saturated carbocycles. The van der Waals surface area contributed by atoms with Crippen LogP contribution in [0.5, 0.6) is 0 Å². The van der Waals surface area contributed by atoms with Crippen LogP contribution in [0.25, 0.3) is 0 Å². The minimum Gasteiger partial charge on any atom is -0.394 e. The Kier molecular flexibility index (Phi) is 7.22. The van der Waals surface area contributed by atoms with E-state index in [-0.39, 0.29) is 12.1 Å². The summed E-state index contributed by atoms with van der Waals surface area (Å²) in [6.07, 6.45) is 0.954. The molecular weight excluding hydrogens is 278 g/mol. The molecule has 0 aliphatic carbocycles. The van der Waals surface area contributed by atoms with E-state index in [2.05, 4.69) is 38.2 Å². The predicted molar refractivity (Wildman–Crippen MR) is 86.0 cm³/mol. The number of thioether (sulfide) groups is 1. The van der Waals surface area contributed by atoms with Crippen molar-refractivity contribution in [3.8, 4) is 0 Å². The van der Waals surface area contributed by atoms with Gasteiger partial charge in [0.1, 0.15) is 0 Å². The molecule has 1 aromatic carbocycles. The van der Waals surface area contributed by atoms with E-state index in [1.807, 2.05) is 23.9 Å². The Morgan fingerprint density at radius 1 is 1.37 bits per heavy atom. The summed E-state index contributed by atoms with van der Waals surface area (Å²) in [7, 11) is 0. The van der Waals surface area contributed by atoms with Crippen molar-refractivity contribution >= 4 is 23.4 Å². The molecule has 0 aromatic heterocycles. The van der Waals surface area contributed by atoms with Gasteiger partial charge in [-0.05, 0) is 37.6 Å². The third kappa shape index (κ3) is 6.17. The highest BCUT2D eigenvalue weighted by atomic mass is 35.5. The molecule has 0 bridgehead atoms. The fraction of sp³-hybridized carbons (Fsp3) is 0.600. The summed E-state index contributed by atoms with van der Waals surface area (Å²) in [5, 5.41) is 14.1. The highest BCUT2D eigenvalue weighted by Gasteiger charge is 2.24. The lowest BCUT2D eigenvalue weighted by Crippen LogP contribution is -2.47. The van der Waals surface area contributed by atoms with Crippen molar-refractivity contribution in [1.82, 2.24) is 5.32 Å². The summed E-state index contributed by atoms with van der Waals surface area (Å²) < 4.78 is 0. The van der Waals surface area contributed by atoms with Gasteiger partial charge in [-0.2, -0.15) is 11.8 Å². The van der Waals surface area contributed by atoms with Crippen LogP contribution in [-0.2, 0) is 5.75 Å². The van der Waals surface area contributed by atoms with Crippen molar-refractivity contribution in [2.24, 2.45) is 0 Å². The molecule has 0 spiro atoms. The maximum atomic E-state index is 9.49. The Morgan fingerprint density at radius 2 is 2.00 bits per heavy atom. The van der Waals surface area contributed by atoms with Crippen LogP contribution < -0.4 is 5.32 Å². The van der Waals surface area contributed by atoms with Crippen LogP contribution in [0.4, 0.5) is 0 Å². The Morgan fingerprint density at radius 3 is 2.53 bits per heavy atom. The van der Waals surface area contributed by atoms with Crippen molar-refractivity contribution in [3.05, 3.63) is 34.9 Å². The number of likely N-dealkylation sites (N-methyl/N-ethyl adjacent to an activating group) is 1. The van der Waals surface area contributed by atoms with Gasteiger partial charge in [-0.15, -0.1) is 0 Å². The van der Waals surface area contributed by atoms with E-state index in [1.54, 1.807) is 0 Å². The minimum absolute atomic E-state index is 0.173. The van der Waals surface area contributed by atoms with Crippen LogP contribution in [0.2, 0.25) is 5.02 Å². The molecule has 0 heterocycles. The van der Waals surface area contributed by atoms with Crippen molar-refractivity contribution in [2.45, 2.75) is 43.7 Å². The van der Waals surface area contributed by atoms with Crippen LogP contribution in [0.15, 0.2) is 24.3 Å². The second-order valence-electron chi connectivity index (χ2n) is 5.20. The van der Waals surface area contributed by atoms with E-state index in [9.17, 15) is 5.11 Å². The quantitative estimate of drug-likeness (QED) is 0.768. The van der Waals surface area contributed by atoms with Crippen molar-refractivity contribution in [1.29, 1.82) is 0 Å². The molecule has 0 aliphatic heterocycles. The fourth-order valence-corrected chi connectivity index (χ4v) is 3.41. The van der Waals surface area contributed by atoms with Gasteiger partial charge in [0, 0.05) is 21.6 Å². The zero-order valence-corrected chi connectivity index (χ0v) is 13.5. The normalized spacial score (nSPS) is 16.1. The van der Waals surface area contributed by atoms with Crippen molar-refractivity contribution in [2.75, 3.05) is 13.2 Å². The molecule has 0 saturated heterocycles. The van der Waals surface area contributed by atoms with Gasteiger partial charge in [0.05, 0.1) is 6.61 Å². The highest BCUT2D eigenvalue weighted by molar-refractivity contribution is 7.99. The third-order valence-electron chi connectivity index (χ3n) is 3.14. The molecule has 1 rings (SSSR count). The van der Waals surface area contributed by atoms with Gasteiger partial charge in [0.15, 0.2) is 0 Å². The van der Waals surface area contributed by atoms with Gasteiger partial charge >= 0.3 is 0 Å². The smallest absolute Gasteiger partial charge is 0.0611 e. The van der Waals surface area contributed by atoms with Crippen LogP contribution in [0, 0.1) is 0 Å². The fourth-order valence-electron chi connectivity index (χ4n) is 2.13. The number of nitrogens with one attached hydrogen (secondary N) is 1. The first-order chi connectivity index (χ1) is 8.99. The van der Waals surface area contributed by atoms with Crippen LogP contribution in [-0.4, -0.2) is 29.0 Å². The van der Waals surface area contributed by atoms with E-state index < -0.39 is 0 Å². The first-order valence-corrected chi connectivity index (χ1v) is 8.13. The monoisotopic (exact) mass is 301 g/mol. The van der Waals surface area contributed by atoms with Gasteiger partial charge in [-0.25, -0.2) is 0 Å². The Labute approximate surface area is 125 Å². The Bertz CT molecular complexity index is 371. The summed E-state index contributed by atoms with van der Waals surface area (Å²) in [6, 6.07) is 7.99. The molecule has 2 N–H and O–H groups in total. The molecule has 0 radical (unpaired) electrons. The minimum atomic E-state index is -0.179. The standard InChI is InChI=1S/C15H24ClNOS/c1-4-17-15(3,11-18)9-12(2)19-10-13-5-7-14(16)8-6-13/h5-8,12,17-18H,4,9-11H2,1-3H3. The van der Waals surface area contributed by atoms with Crippen LogP contribution >= 0.6 is 23.4 Å². The summed E-state index contributed by atoms with van der Waals surface area (Å²) in [6.45, 7) is 7.42. The lowest BCUT2D eigenvalue weighted by Gasteiger charge is -2.31. The molecule has 108 valence electrons. The average Bonchev–Trinajstić information content (AvgIpc) is 2.38. The average molecular weight is 302 g/mol. The van der Waals surface area contributed by atoms with E-state index in [4.69, 9.17) is 11.6 Å². The van der Waals surface area contributed by atoms with Gasteiger partial charge in [-0.3, -0.25) is 0 Å². The molecule has 2 unspecified atom stereocenters. The second kappa shape index (κ2) is 8.15. The SMILES string of the molecule is CCNC(C)(CO)CC(C)SCc1ccc(Cl)cc1. The molecular formula is C15H24ClNOS. The van der Waals surface area contributed by atoms with Gasteiger partial charge in [-0.1, -0.05) is 37.6 Å². The number of rotatable bonds is 8. The summed E-state index contributed by atoms with van der Waals surface area (Å²) in [4.78, 5) is 0. The summed E-state index contributed by atoms with van der Waals surface area (Å²) in [5.41, 5.74) is 1.11. The lowest BCUT2D eigenvalue weighted by atomic mass is 9.97. The molecule has 2 atom stereocenters. The summed E-state index contributed by atoms with van der Waals surface area (Å²) in [5.74, 6) is 0.978. The number of benzene rings is 1. The zero-order valence-electron chi connectivity index (χ0n) is 11.9. The van der Waals surface area contributed by atoms with E-state index in [1.165, 1.54) is 5.56 Å². The first kappa shape index (κ1) is 16.8. The zero-order chi connectivity index (χ0) is 14.3. The largest absolute Gasteiger partial charge is 0.394 e. The number of halogens is 1. The third-order valence-corrected chi connectivity index (χ3v) is 4.63. The van der Waals surface area contributed by atoms with E-state index in [0.29, 0.717) is 5.25 Å². The van der Waals surface area contributed by atoms with Gasteiger partial charge in [0.25, 0.3) is 0 Å². The number of hydrogen-bond acceptors (Lipinski definition) is 3. The van der Waals surface area contributed by atoms with Crippen molar-refractivity contribution in [3.63, 3.8) is 0 Å². The molecule has 4 heteroatoms. The van der Waals surface area contributed by atoms with Gasteiger partial charge in [0.2, 0.25) is 0 Å². The number of hydrogen-bond donors (Lipinski definition) is 2. The predicted octanol–water partition coefficient (Wildman–Crippen LogP) is 3.71. The lowest BCUT2D eigenvalue weighted by molar-refractivity contribution is 0.168. The Balaban J connectivity index is 2.42. The highest BCUT2D eigenvalue weighted by Crippen LogP contribution is 2.25.